The van der Waals surface area contributed by atoms with E-state index in [4.69, 9.17) is 4.74 Å². The molecule has 0 amide bonds. The van der Waals surface area contributed by atoms with Crippen molar-refractivity contribution in [3.63, 3.8) is 0 Å². The lowest BCUT2D eigenvalue weighted by Crippen LogP contribution is -2.12. The molecule has 0 saturated carbocycles. The molecule has 1 rings (SSSR count). The van der Waals surface area contributed by atoms with Crippen molar-refractivity contribution in [3.8, 4) is 5.75 Å². The molecule has 0 aromatic heterocycles. The number of benzene rings is 1. The molecular weight excluding hydrogens is 268 g/mol. The molecule has 0 saturated heterocycles. The van der Waals surface area contributed by atoms with Gasteiger partial charge in [-0.1, -0.05) is 6.92 Å². The van der Waals surface area contributed by atoms with Crippen LogP contribution in [-0.4, -0.2) is 25.3 Å². The maximum Gasteiger partial charge on any atom is 0.543 e. The third-order valence-electron chi connectivity index (χ3n) is 2.04. The number of hydrogen-bond donors (Lipinski definition) is 0. The van der Waals surface area contributed by atoms with Crippen LogP contribution in [0.1, 0.15) is 30.6 Å². The van der Waals surface area contributed by atoms with Crippen molar-refractivity contribution >= 4 is 12.1 Å². The van der Waals surface area contributed by atoms with E-state index in [1.54, 1.807) is 19.1 Å². The molecule has 7 nitrogen and oxygen atoms in total. The fourth-order valence-corrected chi connectivity index (χ4v) is 1.17. The fraction of sp³-hybridized carbons (Fsp3) is 0.385. The summed E-state index contributed by atoms with van der Waals surface area (Å²) in [5.41, 5.74) is 0.223. The summed E-state index contributed by atoms with van der Waals surface area (Å²) in [6.45, 7) is 4.30. The van der Waals surface area contributed by atoms with Gasteiger partial charge in [-0.3, -0.25) is 4.89 Å². The van der Waals surface area contributed by atoms with Gasteiger partial charge in [0.05, 0.1) is 23.8 Å². The molecule has 0 unspecified atom stereocenters. The summed E-state index contributed by atoms with van der Waals surface area (Å²) in [5.74, 6) is -0.163. The fourth-order valence-electron chi connectivity index (χ4n) is 1.17. The van der Waals surface area contributed by atoms with Crippen LogP contribution in [0.4, 0.5) is 4.79 Å². The van der Waals surface area contributed by atoms with Crippen LogP contribution in [0.15, 0.2) is 24.3 Å². The van der Waals surface area contributed by atoms with Crippen molar-refractivity contribution in [1.82, 2.24) is 0 Å². The molecule has 0 atom stereocenters. The summed E-state index contributed by atoms with van der Waals surface area (Å²) >= 11 is 0. The van der Waals surface area contributed by atoms with Crippen molar-refractivity contribution in [2.45, 2.75) is 20.3 Å². The van der Waals surface area contributed by atoms with Crippen molar-refractivity contribution < 1.29 is 33.9 Å². The van der Waals surface area contributed by atoms with Gasteiger partial charge in [0.15, 0.2) is 0 Å². The summed E-state index contributed by atoms with van der Waals surface area (Å²) < 4.78 is 9.75. The molecule has 0 heterocycles. The highest BCUT2D eigenvalue weighted by atomic mass is 17.5. The number of hydrogen-bond acceptors (Lipinski definition) is 7. The van der Waals surface area contributed by atoms with Crippen LogP contribution < -0.4 is 4.74 Å². The maximum atomic E-state index is 11.5. The summed E-state index contributed by atoms with van der Waals surface area (Å²) in [6.07, 6.45) is -0.202. The number of carbonyl (C=O) groups is 2. The van der Waals surface area contributed by atoms with Gasteiger partial charge in [0.1, 0.15) is 5.75 Å². The Morgan fingerprint density at radius 1 is 1.05 bits per heavy atom. The normalized spacial score (nSPS) is 9.70. The SMILES string of the molecule is CCCOc1ccc(C(=O)OOOC(=O)OCC)cc1. The van der Waals surface area contributed by atoms with Crippen LogP contribution in [0.25, 0.3) is 0 Å². The lowest BCUT2D eigenvalue weighted by atomic mass is 10.2. The second kappa shape index (κ2) is 8.76. The first-order valence-corrected chi connectivity index (χ1v) is 6.12. The molecule has 0 aliphatic rings. The Labute approximate surface area is 116 Å². The monoisotopic (exact) mass is 284 g/mol. The third-order valence-corrected chi connectivity index (χ3v) is 2.04. The second-order valence-electron chi connectivity index (χ2n) is 3.58. The van der Waals surface area contributed by atoms with E-state index in [2.05, 4.69) is 19.6 Å². The molecule has 0 radical (unpaired) electrons. The van der Waals surface area contributed by atoms with Gasteiger partial charge in [-0.25, -0.2) is 14.5 Å². The van der Waals surface area contributed by atoms with Gasteiger partial charge in [0.2, 0.25) is 0 Å². The third kappa shape index (κ3) is 5.57. The largest absolute Gasteiger partial charge is 0.543 e. The lowest BCUT2D eigenvalue weighted by Gasteiger charge is -2.05. The Balaban J connectivity index is 2.37. The summed E-state index contributed by atoms with van der Waals surface area (Å²) in [5, 5.41) is 4.00. The molecular formula is C13H16O7. The molecule has 0 bridgehead atoms. The van der Waals surface area contributed by atoms with E-state index in [0.717, 1.165) is 6.42 Å². The van der Waals surface area contributed by atoms with Gasteiger partial charge in [0, 0.05) is 0 Å². The molecule has 0 aliphatic carbocycles. The molecule has 0 fully saturated rings. The van der Waals surface area contributed by atoms with E-state index >= 15 is 0 Å². The summed E-state index contributed by atoms with van der Waals surface area (Å²) in [6, 6.07) is 6.25. The topological polar surface area (TPSA) is 80.3 Å². The number of rotatable bonds is 7. The van der Waals surface area contributed by atoms with Gasteiger partial charge in [-0.05, 0) is 37.6 Å². The van der Waals surface area contributed by atoms with Gasteiger partial charge in [0.25, 0.3) is 0 Å². The first-order chi connectivity index (χ1) is 9.67. The quantitative estimate of drug-likeness (QED) is 0.432. The van der Waals surface area contributed by atoms with E-state index in [-0.39, 0.29) is 12.2 Å². The van der Waals surface area contributed by atoms with Crippen LogP contribution in [-0.2, 0) is 19.6 Å². The molecule has 1 aromatic carbocycles. The van der Waals surface area contributed by atoms with Crippen LogP contribution in [0, 0.1) is 0 Å². The smallest absolute Gasteiger partial charge is 0.494 e. The van der Waals surface area contributed by atoms with E-state index in [9.17, 15) is 9.59 Å². The Bertz CT molecular complexity index is 427. The minimum Gasteiger partial charge on any atom is -0.494 e. The highest BCUT2D eigenvalue weighted by molar-refractivity contribution is 5.89. The van der Waals surface area contributed by atoms with Crippen LogP contribution in [0.3, 0.4) is 0 Å². The predicted octanol–water partition coefficient (Wildman–Crippen LogP) is 2.65. The Hall–Kier alpha value is -2.28. The Morgan fingerprint density at radius 3 is 2.35 bits per heavy atom. The van der Waals surface area contributed by atoms with Gasteiger partial charge in [-0.2, -0.15) is 0 Å². The minimum atomic E-state index is -1.09. The van der Waals surface area contributed by atoms with Crippen LogP contribution in [0.2, 0.25) is 0 Å². The van der Waals surface area contributed by atoms with Crippen LogP contribution in [0.5, 0.6) is 5.75 Å². The zero-order valence-corrected chi connectivity index (χ0v) is 11.3. The molecule has 7 heteroatoms. The lowest BCUT2D eigenvalue weighted by molar-refractivity contribution is -0.452. The van der Waals surface area contributed by atoms with E-state index in [1.165, 1.54) is 12.1 Å². The maximum absolute atomic E-state index is 11.5. The predicted molar refractivity (Wildman–Crippen MR) is 66.8 cm³/mol. The van der Waals surface area contributed by atoms with Crippen molar-refractivity contribution in [2.75, 3.05) is 13.2 Å². The number of ether oxygens (including phenoxy) is 2. The highest BCUT2D eigenvalue weighted by Crippen LogP contribution is 2.13. The number of carbonyl (C=O) groups excluding carboxylic acids is 2. The van der Waals surface area contributed by atoms with Gasteiger partial charge >= 0.3 is 12.1 Å². The van der Waals surface area contributed by atoms with E-state index < -0.39 is 12.1 Å². The summed E-state index contributed by atoms with van der Waals surface area (Å²) in [4.78, 5) is 30.5. The zero-order chi connectivity index (χ0) is 14.8. The Kier molecular flexibility index (Phi) is 6.91. The Morgan fingerprint density at radius 2 is 1.75 bits per heavy atom. The first-order valence-electron chi connectivity index (χ1n) is 6.12. The highest BCUT2D eigenvalue weighted by Gasteiger charge is 2.11. The molecule has 0 aliphatic heterocycles. The molecule has 0 spiro atoms. The van der Waals surface area contributed by atoms with Crippen molar-refractivity contribution in [3.05, 3.63) is 29.8 Å². The average Bonchev–Trinajstić information content (AvgIpc) is 2.46. The molecule has 1 aromatic rings. The van der Waals surface area contributed by atoms with E-state index in [1.807, 2.05) is 6.92 Å². The standard InChI is InChI=1S/C13H16O7/c1-3-9-17-11-7-5-10(6-8-11)12(14)18-20-19-13(15)16-4-2/h5-8H,3-4,9H2,1-2H3. The minimum absolute atomic E-state index is 0.120. The van der Waals surface area contributed by atoms with Crippen LogP contribution >= 0.6 is 0 Å². The molecule has 20 heavy (non-hydrogen) atoms. The zero-order valence-electron chi connectivity index (χ0n) is 11.3. The van der Waals surface area contributed by atoms with Crippen molar-refractivity contribution in [1.29, 1.82) is 0 Å². The molecule has 0 N–H and O–H groups in total. The second-order valence-corrected chi connectivity index (χ2v) is 3.58. The van der Waals surface area contributed by atoms with Crippen molar-refractivity contribution in [2.24, 2.45) is 0 Å². The molecule has 110 valence electrons. The summed E-state index contributed by atoms with van der Waals surface area (Å²) in [7, 11) is 0. The average molecular weight is 284 g/mol. The van der Waals surface area contributed by atoms with Gasteiger partial charge < -0.3 is 9.47 Å². The van der Waals surface area contributed by atoms with E-state index in [0.29, 0.717) is 12.4 Å². The van der Waals surface area contributed by atoms with Gasteiger partial charge in [-0.15, -0.1) is 0 Å². The first kappa shape index (κ1) is 15.8.